The molecule has 1 N–H and O–H groups in total. The minimum atomic E-state index is -4.11. The highest BCUT2D eigenvalue weighted by atomic mass is 32.2. The van der Waals surface area contributed by atoms with E-state index in [0.29, 0.717) is 5.69 Å². The lowest BCUT2D eigenvalue weighted by atomic mass is 9.93. The van der Waals surface area contributed by atoms with E-state index < -0.39 is 28.3 Å². The summed E-state index contributed by atoms with van der Waals surface area (Å²) >= 11 is 0. The van der Waals surface area contributed by atoms with Gasteiger partial charge in [-0.1, -0.05) is 32.0 Å². The van der Waals surface area contributed by atoms with Crippen molar-refractivity contribution in [1.82, 2.24) is 5.32 Å². The van der Waals surface area contributed by atoms with E-state index in [1.165, 1.54) is 12.1 Å². The standard InChI is InChI=1S/C27H31FN2O4S/c1-18(2)24-16-25(19(3)15-26(24)34-5)20(4)29-27(31)17-30(22-9-7-6-8-10-22)35(32,33)23-13-11-21(28)12-14-23/h6-16,18,20H,17H2,1-5H3,(H,29,31). The van der Waals surface area contributed by atoms with Crippen LogP contribution in [0.25, 0.3) is 0 Å². The third-order valence-corrected chi connectivity index (χ3v) is 7.61. The molecule has 0 aliphatic carbocycles. The van der Waals surface area contributed by atoms with Crippen molar-refractivity contribution in [3.05, 3.63) is 89.2 Å². The molecule has 0 saturated heterocycles. The summed E-state index contributed by atoms with van der Waals surface area (Å²) < 4.78 is 46.7. The quantitative estimate of drug-likeness (QED) is 0.432. The van der Waals surface area contributed by atoms with E-state index in [4.69, 9.17) is 4.74 Å². The number of ether oxygens (including phenoxy) is 1. The van der Waals surface area contributed by atoms with Crippen LogP contribution in [-0.4, -0.2) is 28.0 Å². The summed E-state index contributed by atoms with van der Waals surface area (Å²) in [6.07, 6.45) is 0. The second-order valence-electron chi connectivity index (χ2n) is 8.70. The van der Waals surface area contributed by atoms with E-state index >= 15 is 0 Å². The molecule has 3 aromatic rings. The summed E-state index contributed by atoms with van der Waals surface area (Å²) in [5.41, 5.74) is 3.25. The van der Waals surface area contributed by atoms with Crippen LogP contribution in [0.1, 0.15) is 49.4 Å². The van der Waals surface area contributed by atoms with Crippen LogP contribution in [0, 0.1) is 12.7 Å². The van der Waals surface area contributed by atoms with Gasteiger partial charge >= 0.3 is 0 Å². The Balaban J connectivity index is 1.89. The number of anilines is 1. The van der Waals surface area contributed by atoms with Gasteiger partial charge in [0.1, 0.15) is 18.1 Å². The number of carbonyl (C=O) groups is 1. The third kappa shape index (κ3) is 6.00. The number of halogens is 1. The number of para-hydroxylation sites is 1. The lowest BCUT2D eigenvalue weighted by Crippen LogP contribution is -2.41. The monoisotopic (exact) mass is 498 g/mol. The SMILES string of the molecule is COc1cc(C)c(C(C)NC(=O)CN(c2ccccc2)S(=O)(=O)c2ccc(F)cc2)cc1C(C)C. The maximum atomic E-state index is 13.4. The molecule has 3 aromatic carbocycles. The summed E-state index contributed by atoms with van der Waals surface area (Å²) in [6, 6.07) is 16.5. The molecule has 3 rings (SSSR count). The highest BCUT2D eigenvalue weighted by molar-refractivity contribution is 7.92. The van der Waals surface area contributed by atoms with Crippen LogP contribution in [0.3, 0.4) is 0 Å². The van der Waals surface area contributed by atoms with E-state index in [1.807, 2.05) is 26.0 Å². The molecule has 0 aliphatic rings. The predicted octanol–water partition coefficient (Wildman–Crippen LogP) is 5.34. The molecule has 0 aromatic heterocycles. The molecule has 0 fully saturated rings. The Bertz CT molecular complexity index is 1280. The first kappa shape index (κ1) is 26.2. The fourth-order valence-corrected chi connectivity index (χ4v) is 5.37. The molecule has 1 amide bonds. The van der Waals surface area contributed by atoms with Crippen LogP contribution >= 0.6 is 0 Å². The van der Waals surface area contributed by atoms with E-state index in [1.54, 1.807) is 37.4 Å². The van der Waals surface area contributed by atoms with Crippen LogP contribution in [0.15, 0.2) is 71.6 Å². The van der Waals surface area contributed by atoms with Crippen molar-refractivity contribution in [3.63, 3.8) is 0 Å². The van der Waals surface area contributed by atoms with Gasteiger partial charge in [-0.05, 0) is 85.0 Å². The van der Waals surface area contributed by atoms with Gasteiger partial charge in [-0.25, -0.2) is 12.8 Å². The van der Waals surface area contributed by atoms with E-state index in [2.05, 4.69) is 19.2 Å². The summed E-state index contributed by atoms with van der Waals surface area (Å²) in [5, 5.41) is 2.93. The number of benzene rings is 3. The van der Waals surface area contributed by atoms with Crippen LogP contribution in [0.2, 0.25) is 0 Å². The van der Waals surface area contributed by atoms with Crippen molar-refractivity contribution < 1.29 is 22.3 Å². The first-order valence-corrected chi connectivity index (χ1v) is 12.8. The number of aryl methyl sites for hydroxylation is 1. The number of methoxy groups -OCH3 is 1. The lowest BCUT2D eigenvalue weighted by molar-refractivity contribution is -0.120. The van der Waals surface area contributed by atoms with Gasteiger partial charge in [0, 0.05) is 0 Å². The van der Waals surface area contributed by atoms with Crippen molar-refractivity contribution in [3.8, 4) is 5.75 Å². The number of carbonyl (C=O) groups excluding carboxylic acids is 1. The molecular weight excluding hydrogens is 467 g/mol. The highest BCUT2D eigenvalue weighted by Gasteiger charge is 2.28. The van der Waals surface area contributed by atoms with Gasteiger partial charge < -0.3 is 10.1 Å². The molecule has 0 aliphatic heterocycles. The Morgan fingerprint density at radius 1 is 1.00 bits per heavy atom. The number of sulfonamides is 1. The van der Waals surface area contributed by atoms with E-state index in [9.17, 15) is 17.6 Å². The smallest absolute Gasteiger partial charge is 0.264 e. The van der Waals surface area contributed by atoms with Crippen molar-refractivity contribution in [2.24, 2.45) is 0 Å². The molecular formula is C27H31FN2O4S. The van der Waals surface area contributed by atoms with Crippen molar-refractivity contribution in [2.75, 3.05) is 18.0 Å². The molecule has 0 radical (unpaired) electrons. The molecule has 186 valence electrons. The number of hydrogen-bond donors (Lipinski definition) is 1. The van der Waals surface area contributed by atoms with Crippen LogP contribution in [0.5, 0.6) is 5.75 Å². The van der Waals surface area contributed by atoms with Gasteiger partial charge in [0.15, 0.2) is 0 Å². The number of hydrogen-bond acceptors (Lipinski definition) is 4. The van der Waals surface area contributed by atoms with Crippen molar-refractivity contribution in [1.29, 1.82) is 0 Å². The van der Waals surface area contributed by atoms with Gasteiger partial charge in [0.25, 0.3) is 10.0 Å². The average Bonchev–Trinajstić information content (AvgIpc) is 2.82. The Morgan fingerprint density at radius 3 is 2.20 bits per heavy atom. The number of rotatable bonds is 9. The van der Waals surface area contributed by atoms with E-state index in [0.717, 1.165) is 38.9 Å². The molecule has 0 heterocycles. The number of nitrogens with zero attached hydrogens (tertiary/aromatic N) is 1. The van der Waals surface area contributed by atoms with Crippen LogP contribution < -0.4 is 14.4 Å². The van der Waals surface area contributed by atoms with Gasteiger partial charge in [-0.2, -0.15) is 0 Å². The largest absolute Gasteiger partial charge is 0.496 e. The predicted molar refractivity (Wildman–Crippen MR) is 136 cm³/mol. The minimum absolute atomic E-state index is 0.101. The third-order valence-electron chi connectivity index (χ3n) is 5.82. The second kappa shape index (κ2) is 10.9. The molecule has 6 nitrogen and oxygen atoms in total. The van der Waals surface area contributed by atoms with E-state index in [-0.39, 0.29) is 16.9 Å². The molecule has 0 spiro atoms. The summed E-state index contributed by atoms with van der Waals surface area (Å²) in [6.45, 7) is 7.51. The first-order valence-electron chi connectivity index (χ1n) is 11.4. The Kier molecular flexibility index (Phi) is 8.17. The van der Waals surface area contributed by atoms with Gasteiger partial charge in [-0.15, -0.1) is 0 Å². The number of nitrogens with one attached hydrogen (secondary N) is 1. The molecule has 0 saturated carbocycles. The zero-order valence-corrected chi connectivity index (χ0v) is 21.4. The zero-order valence-electron chi connectivity index (χ0n) is 20.6. The summed E-state index contributed by atoms with van der Waals surface area (Å²) in [5.74, 6) is 0.00723. The molecule has 0 bridgehead atoms. The summed E-state index contributed by atoms with van der Waals surface area (Å²) in [4.78, 5) is 13.0. The average molecular weight is 499 g/mol. The summed E-state index contributed by atoms with van der Waals surface area (Å²) in [7, 11) is -2.48. The Labute approximate surface area is 206 Å². The van der Waals surface area contributed by atoms with Gasteiger partial charge in [0.05, 0.1) is 23.7 Å². The lowest BCUT2D eigenvalue weighted by Gasteiger charge is -2.26. The molecule has 35 heavy (non-hydrogen) atoms. The number of amides is 1. The highest BCUT2D eigenvalue weighted by Crippen LogP contribution is 2.32. The first-order chi connectivity index (χ1) is 16.5. The fraction of sp³-hybridized carbons (Fsp3) is 0.296. The molecule has 1 unspecified atom stereocenters. The maximum Gasteiger partial charge on any atom is 0.264 e. The van der Waals surface area contributed by atoms with Crippen LogP contribution in [0.4, 0.5) is 10.1 Å². The Morgan fingerprint density at radius 2 is 1.63 bits per heavy atom. The molecule has 1 atom stereocenters. The topological polar surface area (TPSA) is 75.7 Å². The Hall–Kier alpha value is -3.39. The van der Waals surface area contributed by atoms with Crippen molar-refractivity contribution in [2.45, 2.75) is 44.6 Å². The molecule has 8 heteroatoms. The normalized spacial score (nSPS) is 12.3. The fourth-order valence-electron chi connectivity index (χ4n) is 3.95. The second-order valence-corrected chi connectivity index (χ2v) is 10.6. The van der Waals surface area contributed by atoms with Gasteiger partial charge in [-0.3, -0.25) is 9.10 Å². The zero-order chi connectivity index (χ0) is 25.8. The van der Waals surface area contributed by atoms with Crippen LogP contribution in [-0.2, 0) is 14.8 Å². The maximum absolute atomic E-state index is 13.4. The van der Waals surface area contributed by atoms with Gasteiger partial charge in [0.2, 0.25) is 5.91 Å². The minimum Gasteiger partial charge on any atom is -0.496 e. The van der Waals surface area contributed by atoms with Crippen molar-refractivity contribution >= 4 is 21.6 Å².